The van der Waals surface area contributed by atoms with Crippen molar-refractivity contribution < 1.29 is 38.3 Å². The first-order chi connectivity index (χ1) is 20.0. The minimum absolute atomic E-state index is 0.0132. The molecule has 12 heteroatoms. The number of cyclic esters (lactones) is 2. The molecule has 0 unspecified atom stereocenters. The van der Waals surface area contributed by atoms with Crippen molar-refractivity contribution in [1.29, 1.82) is 0 Å². The van der Waals surface area contributed by atoms with E-state index >= 15 is 0 Å². The summed E-state index contributed by atoms with van der Waals surface area (Å²) in [7, 11) is 1.54. The Morgan fingerprint density at radius 1 is 1.02 bits per heavy atom. The Labute approximate surface area is 243 Å². The lowest BCUT2D eigenvalue weighted by Gasteiger charge is -2.23. The van der Waals surface area contributed by atoms with Gasteiger partial charge in [0.1, 0.15) is 17.9 Å². The molecule has 1 heterocycles. The fraction of sp³-hybridized carbons (Fsp3) is 0.400. The largest absolute Gasteiger partial charge is 0.497 e. The molecule has 3 atom stereocenters. The minimum atomic E-state index is -1.20. The van der Waals surface area contributed by atoms with E-state index in [4.69, 9.17) is 14.2 Å². The van der Waals surface area contributed by atoms with Crippen molar-refractivity contribution in [2.75, 3.05) is 13.7 Å². The van der Waals surface area contributed by atoms with Crippen molar-refractivity contribution in [3.63, 3.8) is 0 Å². The average molecular weight is 582 g/mol. The number of nitrogens with zero attached hydrogens (tertiary/aromatic N) is 1. The molecule has 0 spiro atoms. The Kier molecular flexibility index (Phi) is 11.6. The molecule has 2 aromatic carbocycles. The van der Waals surface area contributed by atoms with Gasteiger partial charge in [0.15, 0.2) is 6.10 Å². The summed E-state index contributed by atoms with van der Waals surface area (Å²) in [6.45, 7) is 3.65. The summed E-state index contributed by atoms with van der Waals surface area (Å²) in [5.74, 6) is -1.90. The Morgan fingerprint density at radius 2 is 1.71 bits per heavy atom. The van der Waals surface area contributed by atoms with Crippen molar-refractivity contribution in [3.8, 4) is 5.75 Å². The minimum Gasteiger partial charge on any atom is -0.497 e. The lowest BCUT2D eigenvalue weighted by molar-refractivity contribution is -0.384. The number of nitro benzene ring substituents is 1. The van der Waals surface area contributed by atoms with E-state index in [1.54, 1.807) is 31.4 Å². The number of amides is 2. The second-order valence-electron chi connectivity index (χ2n) is 10.2. The normalized spacial score (nSPS) is 21.5. The maximum absolute atomic E-state index is 13.1. The number of benzene rings is 2. The van der Waals surface area contributed by atoms with Crippen molar-refractivity contribution in [2.24, 2.45) is 5.92 Å². The Bertz CT molecular complexity index is 1290. The summed E-state index contributed by atoms with van der Waals surface area (Å²) in [6, 6.07) is 11.6. The van der Waals surface area contributed by atoms with Gasteiger partial charge in [-0.3, -0.25) is 24.5 Å². The molecular weight excluding hydrogens is 546 g/mol. The number of ether oxygens (including phenoxy) is 3. The van der Waals surface area contributed by atoms with Gasteiger partial charge < -0.3 is 24.8 Å². The monoisotopic (exact) mass is 581 g/mol. The summed E-state index contributed by atoms with van der Waals surface area (Å²) in [4.78, 5) is 62.1. The zero-order valence-electron chi connectivity index (χ0n) is 23.7. The summed E-state index contributed by atoms with van der Waals surface area (Å²) in [5.41, 5.74) is 1.09. The van der Waals surface area contributed by atoms with Crippen molar-refractivity contribution in [2.45, 2.75) is 57.8 Å². The number of nitrogens with one attached hydrogen (secondary N) is 2. The molecule has 0 saturated carbocycles. The van der Waals surface area contributed by atoms with Crippen LogP contribution in [-0.4, -0.2) is 54.5 Å². The number of nitro groups is 1. The quantitative estimate of drug-likeness (QED) is 0.284. The predicted molar refractivity (Wildman–Crippen MR) is 151 cm³/mol. The SMILES string of the molecule is COc1ccc(C[C@@H]2NC(=O)/C=C/C[C@@H](c3ccc([N+](=O)[O-])cc3)OC(=O)[C@H](CC(C)C)OC(=O)CCNC2=O)cc1. The second kappa shape index (κ2) is 15.3. The van der Waals surface area contributed by atoms with Gasteiger partial charge in [0.05, 0.1) is 18.5 Å². The van der Waals surface area contributed by atoms with Crippen LogP contribution < -0.4 is 15.4 Å². The van der Waals surface area contributed by atoms with Gasteiger partial charge in [0, 0.05) is 31.5 Å². The van der Waals surface area contributed by atoms with Crippen LogP contribution in [0.5, 0.6) is 5.75 Å². The van der Waals surface area contributed by atoms with E-state index in [1.165, 1.54) is 36.4 Å². The third kappa shape index (κ3) is 9.72. The first-order valence-electron chi connectivity index (χ1n) is 13.6. The third-order valence-corrected chi connectivity index (χ3v) is 6.44. The van der Waals surface area contributed by atoms with Crippen LogP contribution in [-0.2, 0) is 35.1 Å². The summed E-state index contributed by atoms with van der Waals surface area (Å²) in [6.07, 6.45) is 0.797. The summed E-state index contributed by atoms with van der Waals surface area (Å²) >= 11 is 0. The number of carbonyl (C=O) groups is 4. The van der Waals surface area contributed by atoms with Gasteiger partial charge in [-0.05, 0) is 53.8 Å². The molecule has 224 valence electrons. The number of non-ortho nitro benzene ring substituents is 1. The molecule has 1 aliphatic heterocycles. The molecule has 1 aliphatic rings. The lowest BCUT2D eigenvalue weighted by Crippen LogP contribution is -2.48. The molecule has 2 aromatic rings. The van der Waals surface area contributed by atoms with Crippen molar-refractivity contribution >= 4 is 29.4 Å². The van der Waals surface area contributed by atoms with Gasteiger partial charge in [-0.15, -0.1) is 0 Å². The van der Waals surface area contributed by atoms with E-state index in [0.29, 0.717) is 11.3 Å². The maximum atomic E-state index is 13.1. The standard InChI is InChI=1S/C30H35N3O9/c1-19(2)17-26-30(37)42-25(21-9-11-22(12-10-21)33(38)39)5-4-6-27(34)32-24(29(36)31-16-15-28(35)41-26)18-20-7-13-23(40-3)14-8-20/h4,6-14,19,24-26H,5,15-18H2,1-3H3,(H,31,36)(H,32,34)/b6-4+/t24-,25-,26-/m0/s1. The third-order valence-electron chi connectivity index (χ3n) is 6.44. The molecule has 42 heavy (non-hydrogen) atoms. The second-order valence-corrected chi connectivity index (χ2v) is 10.2. The molecule has 2 amide bonds. The fourth-order valence-electron chi connectivity index (χ4n) is 4.25. The molecular formula is C30H35N3O9. The van der Waals surface area contributed by atoms with E-state index in [1.807, 2.05) is 13.8 Å². The first-order valence-corrected chi connectivity index (χ1v) is 13.6. The number of hydrogen-bond acceptors (Lipinski definition) is 9. The number of hydrogen-bond donors (Lipinski definition) is 2. The van der Waals surface area contributed by atoms with Crippen LogP contribution in [0.2, 0.25) is 0 Å². The summed E-state index contributed by atoms with van der Waals surface area (Å²) < 4.78 is 16.3. The topological polar surface area (TPSA) is 163 Å². The maximum Gasteiger partial charge on any atom is 0.348 e. The Morgan fingerprint density at radius 3 is 2.33 bits per heavy atom. The number of carbonyl (C=O) groups excluding carboxylic acids is 4. The van der Waals surface area contributed by atoms with Crippen LogP contribution in [0.4, 0.5) is 5.69 Å². The van der Waals surface area contributed by atoms with E-state index in [-0.39, 0.29) is 43.8 Å². The van der Waals surface area contributed by atoms with Crippen molar-refractivity contribution in [3.05, 3.63) is 81.9 Å². The number of methoxy groups -OCH3 is 1. The molecule has 0 fully saturated rings. The predicted octanol–water partition coefficient (Wildman–Crippen LogP) is 3.34. The number of esters is 2. The van der Waals surface area contributed by atoms with Gasteiger partial charge in [-0.25, -0.2) is 4.79 Å². The Balaban J connectivity index is 1.88. The Hall–Kier alpha value is -4.74. The van der Waals surface area contributed by atoms with Crippen LogP contribution >= 0.6 is 0 Å². The molecule has 0 saturated heterocycles. The van der Waals surface area contributed by atoms with E-state index in [0.717, 1.165) is 5.56 Å². The molecule has 3 rings (SSSR count). The zero-order valence-corrected chi connectivity index (χ0v) is 23.7. The van der Waals surface area contributed by atoms with Gasteiger partial charge >= 0.3 is 11.9 Å². The van der Waals surface area contributed by atoms with Crippen LogP contribution in [0.1, 0.15) is 50.3 Å². The molecule has 12 nitrogen and oxygen atoms in total. The first kappa shape index (κ1) is 31.8. The molecule has 0 radical (unpaired) electrons. The zero-order chi connectivity index (χ0) is 30.6. The average Bonchev–Trinajstić information content (AvgIpc) is 2.95. The van der Waals surface area contributed by atoms with Crippen LogP contribution in [0.25, 0.3) is 0 Å². The van der Waals surface area contributed by atoms with E-state index < -0.39 is 46.9 Å². The van der Waals surface area contributed by atoms with Crippen LogP contribution in [0, 0.1) is 16.0 Å². The van der Waals surface area contributed by atoms with Gasteiger partial charge in [-0.1, -0.05) is 32.1 Å². The highest BCUT2D eigenvalue weighted by atomic mass is 16.6. The van der Waals surface area contributed by atoms with E-state index in [2.05, 4.69) is 10.6 Å². The van der Waals surface area contributed by atoms with Gasteiger partial charge in [0.25, 0.3) is 5.69 Å². The molecule has 0 aliphatic carbocycles. The van der Waals surface area contributed by atoms with Gasteiger partial charge in [0.2, 0.25) is 11.8 Å². The smallest absolute Gasteiger partial charge is 0.348 e. The fourth-order valence-corrected chi connectivity index (χ4v) is 4.25. The summed E-state index contributed by atoms with van der Waals surface area (Å²) in [5, 5.41) is 16.4. The van der Waals surface area contributed by atoms with Crippen LogP contribution in [0.3, 0.4) is 0 Å². The molecule has 0 aromatic heterocycles. The lowest BCUT2D eigenvalue weighted by atomic mass is 10.0. The van der Waals surface area contributed by atoms with E-state index in [9.17, 15) is 29.3 Å². The van der Waals surface area contributed by atoms with Crippen molar-refractivity contribution in [1.82, 2.24) is 10.6 Å². The highest BCUT2D eigenvalue weighted by Crippen LogP contribution is 2.26. The van der Waals surface area contributed by atoms with Crippen LogP contribution in [0.15, 0.2) is 60.7 Å². The number of rotatable bonds is 7. The highest BCUT2D eigenvalue weighted by Gasteiger charge is 2.29. The molecule has 2 N–H and O–H groups in total. The van der Waals surface area contributed by atoms with Gasteiger partial charge in [-0.2, -0.15) is 0 Å². The highest BCUT2D eigenvalue weighted by molar-refractivity contribution is 5.93. The molecule has 0 bridgehead atoms.